The summed E-state index contributed by atoms with van der Waals surface area (Å²) < 4.78 is 6.35. The van der Waals surface area contributed by atoms with Gasteiger partial charge in [-0.1, -0.05) is 0 Å². The lowest BCUT2D eigenvalue weighted by molar-refractivity contribution is 0.0353. The van der Waals surface area contributed by atoms with Crippen LogP contribution in [0.1, 0.15) is 28.1 Å². The Morgan fingerprint density at radius 1 is 1.53 bits per heavy atom. The molecule has 2 heterocycles. The number of aryl methyl sites for hydroxylation is 1. The lowest BCUT2D eigenvalue weighted by atomic mass is 10.1. The minimum Gasteiger partial charge on any atom is -0.381 e. The number of methoxy groups -OCH3 is 1. The number of halogens is 1. The summed E-state index contributed by atoms with van der Waals surface area (Å²) in [7, 11) is 1.74. The second-order valence-corrected chi connectivity index (χ2v) is 6.66. The van der Waals surface area contributed by atoms with Gasteiger partial charge in [-0.2, -0.15) is 0 Å². The molecule has 0 N–H and O–H groups in total. The Hall–Kier alpha value is -0.390. The molecule has 0 spiro atoms. The maximum Gasteiger partial charge on any atom is 0.263 e. The summed E-state index contributed by atoms with van der Waals surface area (Å²) in [4.78, 5) is 15.0. The van der Waals surface area contributed by atoms with Crippen LogP contribution in [0.5, 0.6) is 0 Å². The summed E-state index contributed by atoms with van der Waals surface area (Å²) in [5.74, 6) is 0.151. The Labute approximate surface area is 114 Å². The van der Waals surface area contributed by atoms with Gasteiger partial charge < -0.3 is 9.64 Å². The van der Waals surface area contributed by atoms with E-state index >= 15 is 0 Å². The fourth-order valence-corrected chi connectivity index (χ4v) is 3.52. The van der Waals surface area contributed by atoms with E-state index in [9.17, 15) is 4.79 Å². The lowest BCUT2D eigenvalue weighted by Crippen LogP contribution is -2.40. The predicted octanol–water partition coefficient (Wildman–Crippen LogP) is 3.07. The molecule has 3 nitrogen and oxygen atoms in total. The van der Waals surface area contributed by atoms with Crippen molar-refractivity contribution < 1.29 is 9.53 Å². The Balaban J connectivity index is 2.01. The first-order valence-electron chi connectivity index (χ1n) is 5.70. The van der Waals surface area contributed by atoms with Gasteiger partial charge in [-0.05, 0) is 47.3 Å². The highest BCUT2D eigenvalue weighted by atomic mass is 79.9. The topological polar surface area (TPSA) is 29.5 Å². The molecular formula is C12H16BrNO2S. The first kappa shape index (κ1) is 13.1. The fourth-order valence-electron chi connectivity index (χ4n) is 2.02. The molecular weight excluding hydrogens is 302 g/mol. The molecule has 94 valence electrons. The van der Waals surface area contributed by atoms with Gasteiger partial charge >= 0.3 is 0 Å². The first-order valence-corrected chi connectivity index (χ1v) is 7.30. The number of thiophene rings is 1. The van der Waals surface area contributed by atoms with Crippen LogP contribution < -0.4 is 0 Å². The number of hydrogen-bond acceptors (Lipinski definition) is 3. The van der Waals surface area contributed by atoms with Crippen LogP contribution in [0.25, 0.3) is 0 Å². The van der Waals surface area contributed by atoms with Crippen LogP contribution in [0.4, 0.5) is 0 Å². The average molecular weight is 318 g/mol. The van der Waals surface area contributed by atoms with Crippen molar-refractivity contribution in [2.75, 3.05) is 20.2 Å². The molecule has 2 rings (SSSR count). The zero-order valence-electron chi connectivity index (χ0n) is 10.0. The van der Waals surface area contributed by atoms with Gasteiger partial charge in [0.2, 0.25) is 0 Å². The number of carbonyl (C=O) groups excluding carboxylic acids is 1. The van der Waals surface area contributed by atoms with Crippen molar-refractivity contribution in [3.63, 3.8) is 0 Å². The van der Waals surface area contributed by atoms with Crippen LogP contribution in [0.15, 0.2) is 9.85 Å². The third-order valence-electron chi connectivity index (χ3n) is 3.13. The van der Waals surface area contributed by atoms with E-state index in [1.807, 2.05) is 17.9 Å². The van der Waals surface area contributed by atoms with E-state index in [0.29, 0.717) is 6.10 Å². The summed E-state index contributed by atoms with van der Waals surface area (Å²) >= 11 is 4.97. The van der Waals surface area contributed by atoms with Gasteiger partial charge in [0, 0.05) is 20.2 Å². The monoisotopic (exact) mass is 317 g/mol. The van der Waals surface area contributed by atoms with Crippen molar-refractivity contribution in [1.82, 2.24) is 4.90 Å². The molecule has 0 aromatic carbocycles. The molecule has 0 unspecified atom stereocenters. The van der Waals surface area contributed by atoms with Crippen LogP contribution in [-0.4, -0.2) is 37.1 Å². The first-order chi connectivity index (χ1) is 8.11. The van der Waals surface area contributed by atoms with Crippen molar-refractivity contribution in [2.24, 2.45) is 0 Å². The lowest BCUT2D eigenvalue weighted by Gasteiger charge is -2.30. The van der Waals surface area contributed by atoms with E-state index in [1.54, 1.807) is 7.11 Å². The molecule has 0 bridgehead atoms. The van der Waals surface area contributed by atoms with E-state index in [-0.39, 0.29) is 5.91 Å². The highest BCUT2D eigenvalue weighted by molar-refractivity contribution is 9.11. The number of hydrogen-bond donors (Lipinski definition) is 0. The number of amides is 1. The standard InChI is InChI=1S/C12H16BrNO2S/c1-8-7-10(17-11(8)13)12(15)14-5-3-9(16-2)4-6-14/h7,9H,3-6H2,1-2H3. The minimum atomic E-state index is 0.151. The van der Waals surface area contributed by atoms with E-state index in [0.717, 1.165) is 40.2 Å². The van der Waals surface area contributed by atoms with Crippen LogP contribution in [0, 0.1) is 6.92 Å². The third kappa shape index (κ3) is 2.89. The maximum absolute atomic E-state index is 12.2. The quantitative estimate of drug-likeness (QED) is 0.839. The van der Waals surface area contributed by atoms with Crippen LogP contribution in [0.3, 0.4) is 0 Å². The van der Waals surface area contributed by atoms with Gasteiger partial charge in [-0.15, -0.1) is 11.3 Å². The highest BCUT2D eigenvalue weighted by Gasteiger charge is 2.24. The molecule has 1 saturated heterocycles. The van der Waals surface area contributed by atoms with Gasteiger partial charge in [0.25, 0.3) is 5.91 Å². The second-order valence-electron chi connectivity index (χ2n) is 4.29. The van der Waals surface area contributed by atoms with Crippen molar-refractivity contribution in [3.05, 3.63) is 20.3 Å². The van der Waals surface area contributed by atoms with Crippen LogP contribution >= 0.6 is 27.3 Å². The number of rotatable bonds is 2. The number of likely N-dealkylation sites (tertiary alicyclic amines) is 1. The van der Waals surface area contributed by atoms with E-state index < -0.39 is 0 Å². The molecule has 0 radical (unpaired) electrons. The zero-order chi connectivity index (χ0) is 12.4. The third-order valence-corrected chi connectivity index (χ3v) is 5.26. The molecule has 0 atom stereocenters. The Bertz CT molecular complexity index is 391. The predicted molar refractivity (Wildman–Crippen MR) is 72.7 cm³/mol. The summed E-state index contributed by atoms with van der Waals surface area (Å²) in [6.45, 7) is 3.60. The van der Waals surface area contributed by atoms with Gasteiger partial charge in [-0.25, -0.2) is 0 Å². The Morgan fingerprint density at radius 2 is 2.18 bits per heavy atom. The van der Waals surface area contributed by atoms with Crippen LogP contribution in [-0.2, 0) is 4.74 Å². The maximum atomic E-state index is 12.2. The summed E-state index contributed by atoms with van der Waals surface area (Å²) in [5, 5.41) is 0. The molecule has 1 aliphatic heterocycles. The molecule has 1 aromatic rings. The van der Waals surface area contributed by atoms with Crippen LogP contribution in [0.2, 0.25) is 0 Å². The highest BCUT2D eigenvalue weighted by Crippen LogP contribution is 2.29. The Kier molecular flexibility index (Phi) is 4.22. The van der Waals surface area contributed by atoms with Crippen molar-refractivity contribution in [1.29, 1.82) is 0 Å². The molecule has 1 aliphatic rings. The molecule has 5 heteroatoms. The number of piperidine rings is 1. The zero-order valence-corrected chi connectivity index (χ0v) is 12.4. The van der Waals surface area contributed by atoms with Crippen molar-refractivity contribution in [3.8, 4) is 0 Å². The van der Waals surface area contributed by atoms with E-state index in [2.05, 4.69) is 15.9 Å². The SMILES string of the molecule is COC1CCN(C(=O)c2cc(C)c(Br)s2)CC1. The summed E-state index contributed by atoms with van der Waals surface area (Å²) in [6, 6.07) is 1.96. The van der Waals surface area contributed by atoms with Gasteiger partial charge in [0.1, 0.15) is 0 Å². The van der Waals surface area contributed by atoms with Crippen molar-refractivity contribution >= 4 is 33.2 Å². The second kappa shape index (κ2) is 5.50. The number of nitrogens with zero attached hydrogens (tertiary/aromatic N) is 1. The normalized spacial score (nSPS) is 17.5. The van der Waals surface area contributed by atoms with Gasteiger partial charge in [0.05, 0.1) is 14.8 Å². The fraction of sp³-hybridized carbons (Fsp3) is 0.583. The summed E-state index contributed by atoms with van der Waals surface area (Å²) in [6.07, 6.45) is 2.19. The summed E-state index contributed by atoms with van der Waals surface area (Å²) in [5.41, 5.74) is 1.13. The minimum absolute atomic E-state index is 0.151. The molecule has 1 amide bonds. The Morgan fingerprint density at radius 3 is 2.65 bits per heavy atom. The molecule has 1 fully saturated rings. The van der Waals surface area contributed by atoms with Gasteiger partial charge in [-0.3, -0.25) is 4.79 Å². The largest absolute Gasteiger partial charge is 0.381 e. The number of carbonyl (C=O) groups is 1. The molecule has 17 heavy (non-hydrogen) atoms. The molecule has 0 aliphatic carbocycles. The number of ether oxygens (including phenoxy) is 1. The average Bonchev–Trinajstić information content (AvgIpc) is 2.69. The van der Waals surface area contributed by atoms with Crippen molar-refractivity contribution in [2.45, 2.75) is 25.9 Å². The molecule has 0 saturated carbocycles. The smallest absolute Gasteiger partial charge is 0.263 e. The van der Waals surface area contributed by atoms with E-state index in [4.69, 9.17) is 4.74 Å². The van der Waals surface area contributed by atoms with E-state index in [1.165, 1.54) is 11.3 Å². The molecule has 1 aromatic heterocycles. The van der Waals surface area contributed by atoms with Gasteiger partial charge in [0.15, 0.2) is 0 Å².